The number of alkyl halides is 3. The van der Waals surface area contributed by atoms with Crippen LogP contribution in [0.15, 0.2) is 0 Å². The Kier molecular flexibility index (Phi) is 4.04. The summed E-state index contributed by atoms with van der Waals surface area (Å²) >= 11 is 0. The summed E-state index contributed by atoms with van der Waals surface area (Å²) in [7, 11) is 0. The Morgan fingerprint density at radius 2 is 1.40 bits per heavy atom. The fraction of sp³-hybridized carbons (Fsp3) is 1.00. The van der Waals surface area contributed by atoms with Gasteiger partial charge in [0, 0.05) is 0 Å². The van der Waals surface area contributed by atoms with Crippen molar-refractivity contribution in [2.75, 3.05) is 0 Å². The molecule has 1 aliphatic carbocycles. The zero-order valence-electron chi connectivity index (χ0n) is 9.22. The van der Waals surface area contributed by atoms with Crippen molar-refractivity contribution in [3.63, 3.8) is 0 Å². The highest BCUT2D eigenvalue weighted by atomic mass is 19.4. The number of aliphatic hydroxyl groups is 1. The molecule has 1 aliphatic rings. The van der Waals surface area contributed by atoms with E-state index >= 15 is 0 Å². The van der Waals surface area contributed by atoms with Crippen LogP contribution in [-0.4, -0.2) is 17.4 Å². The van der Waals surface area contributed by atoms with Gasteiger partial charge in [-0.15, -0.1) is 0 Å². The first-order valence-corrected chi connectivity index (χ1v) is 5.57. The van der Waals surface area contributed by atoms with Crippen LogP contribution < -0.4 is 0 Å². The molecule has 1 nitrogen and oxygen atoms in total. The molecule has 1 rings (SSSR count). The molecular formula is C11H19F3O. The van der Waals surface area contributed by atoms with Gasteiger partial charge in [0.05, 0.1) is 0 Å². The Hall–Kier alpha value is -0.250. The fourth-order valence-corrected chi connectivity index (χ4v) is 2.39. The monoisotopic (exact) mass is 224 g/mol. The summed E-state index contributed by atoms with van der Waals surface area (Å²) in [5.41, 5.74) is 0. The van der Waals surface area contributed by atoms with Gasteiger partial charge in [0.2, 0.25) is 0 Å². The lowest BCUT2D eigenvalue weighted by atomic mass is 9.75. The molecule has 0 aromatic carbocycles. The maximum Gasteiger partial charge on any atom is 0.414 e. The van der Waals surface area contributed by atoms with Gasteiger partial charge in [0.15, 0.2) is 6.10 Å². The first kappa shape index (κ1) is 12.8. The molecule has 0 saturated heterocycles. The normalized spacial score (nSPS) is 30.6. The highest BCUT2D eigenvalue weighted by molar-refractivity contribution is 4.82. The Morgan fingerprint density at radius 1 is 1.00 bits per heavy atom. The van der Waals surface area contributed by atoms with E-state index in [9.17, 15) is 13.2 Å². The molecule has 90 valence electrons. The lowest BCUT2D eigenvalue weighted by Crippen LogP contribution is -2.38. The van der Waals surface area contributed by atoms with Gasteiger partial charge in [-0.2, -0.15) is 13.2 Å². The molecule has 4 heteroatoms. The van der Waals surface area contributed by atoms with Crippen molar-refractivity contribution < 1.29 is 18.3 Å². The molecule has 0 aliphatic heterocycles. The highest BCUT2D eigenvalue weighted by Gasteiger charge is 2.44. The molecule has 15 heavy (non-hydrogen) atoms. The van der Waals surface area contributed by atoms with E-state index in [2.05, 4.69) is 13.8 Å². The summed E-state index contributed by atoms with van der Waals surface area (Å²) in [6, 6.07) is 0. The van der Waals surface area contributed by atoms with Crippen molar-refractivity contribution in [2.24, 2.45) is 17.8 Å². The number of aliphatic hydroxyl groups excluding tert-OH is 1. The fourth-order valence-electron chi connectivity index (χ4n) is 2.39. The van der Waals surface area contributed by atoms with Crippen LogP contribution in [0.1, 0.15) is 39.5 Å². The molecule has 1 saturated carbocycles. The van der Waals surface area contributed by atoms with Crippen molar-refractivity contribution in [3.05, 3.63) is 0 Å². The summed E-state index contributed by atoms with van der Waals surface area (Å²) in [6.45, 7) is 4.20. The maximum atomic E-state index is 12.2. The summed E-state index contributed by atoms with van der Waals surface area (Å²) < 4.78 is 36.7. The van der Waals surface area contributed by atoms with Crippen LogP contribution in [-0.2, 0) is 0 Å². The average Bonchev–Trinajstić information content (AvgIpc) is 2.15. The quantitative estimate of drug-likeness (QED) is 0.762. The Labute approximate surface area is 88.7 Å². The molecule has 1 unspecified atom stereocenters. The molecule has 0 bridgehead atoms. The van der Waals surface area contributed by atoms with E-state index in [1.54, 1.807) is 0 Å². The molecule has 1 fully saturated rings. The molecule has 0 heterocycles. The van der Waals surface area contributed by atoms with Crippen molar-refractivity contribution in [1.29, 1.82) is 0 Å². The summed E-state index contributed by atoms with van der Waals surface area (Å²) in [6.07, 6.45) is -3.93. The summed E-state index contributed by atoms with van der Waals surface area (Å²) in [5, 5.41) is 9.11. The SMILES string of the molecule is CC(C)C1CCC(C(O)C(F)(F)F)CC1. The first-order chi connectivity index (χ1) is 6.82. The van der Waals surface area contributed by atoms with Crippen molar-refractivity contribution in [2.45, 2.75) is 51.8 Å². The van der Waals surface area contributed by atoms with E-state index in [4.69, 9.17) is 5.11 Å². The van der Waals surface area contributed by atoms with Gasteiger partial charge in [0.25, 0.3) is 0 Å². The summed E-state index contributed by atoms with van der Waals surface area (Å²) in [4.78, 5) is 0. The third kappa shape index (κ3) is 3.37. The Bertz CT molecular complexity index is 192. The third-order valence-electron chi connectivity index (χ3n) is 3.54. The topological polar surface area (TPSA) is 20.2 Å². The molecule has 0 aromatic rings. The van der Waals surface area contributed by atoms with Gasteiger partial charge in [-0.25, -0.2) is 0 Å². The van der Waals surface area contributed by atoms with Crippen molar-refractivity contribution in [3.8, 4) is 0 Å². The Balaban J connectivity index is 2.44. The molecular weight excluding hydrogens is 205 g/mol. The minimum Gasteiger partial charge on any atom is -0.383 e. The predicted molar refractivity (Wildman–Crippen MR) is 52.3 cm³/mol. The van der Waals surface area contributed by atoms with E-state index in [0.717, 1.165) is 12.8 Å². The highest BCUT2D eigenvalue weighted by Crippen LogP contribution is 2.38. The van der Waals surface area contributed by atoms with Gasteiger partial charge in [-0.05, 0) is 43.4 Å². The lowest BCUT2D eigenvalue weighted by Gasteiger charge is -2.33. The third-order valence-corrected chi connectivity index (χ3v) is 3.54. The minimum absolute atomic E-state index is 0.503. The van der Waals surface area contributed by atoms with Crippen LogP contribution >= 0.6 is 0 Å². The molecule has 1 N–H and O–H groups in total. The predicted octanol–water partition coefficient (Wildman–Crippen LogP) is 3.37. The van der Waals surface area contributed by atoms with Crippen molar-refractivity contribution in [1.82, 2.24) is 0 Å². The minimum atomic E-state index is -4.45. The molecule has 0 amide bonds. The van der Waals surface area contributed by atoms with Gasteiger partial charge < -0.3 is 5.11 Å². The molecule has 1 atom stereocenters. The van der Waals surface area contributed by atoms with E-state index in [-0.39, 0.29) is 0 Å². The van der Waals surface area contributed by atoms with Crippen LogP contribution in [0.25, 0.3) is 0 Å². The van der Waals surface area contributed by atoms with E-state index in [1.165, 1.54) is 0 Å². The summed E-state index contributed by atoms with van der Waals surface area (Å²) in [5.74, 6) is 0.482. The number of hydrogen-bond donors (Lipinski definition) is 1. The van der Waals surface area contributed by atoms with E-state index in [0.29, 0.717) is 24.7 Å². The average molecular weight is 224 g/mol. The van der Waals surface area contributed by atoms with Gasteiger partial charge in [0.1, 0.15) is 0 Å². The second-order valence-corrected chi connectivity index (χ2v) is 4.91. The molecule has 0 aromatic heterocycles. The zero-order chi connectivity index (χ0) is 11.6. The molecule has 0 spiro atoms. The van der Waals surface area contributed by atoms with Gasteiger partial charge in [-0.1, -0.05) is 13.8 Å². The second kappa shape index (κ2) is 4.73. The largest absolute Gasteiger partial charge is 0.414 e. The Morgan fingerprint density at radius 3 is 1.73 bits per heavy atom. The van der Waals surface area contributed by atoms with Crippen LogP contribution in [0, 0.1) is 17.8 Å². The lowest BCUT2D eigenvalue weighted by molar-refractivity contribution is -0.223. The van der Waals surface area contributed by atoms with Crippen LogP contribution in [0.3, 0.4) is 0 Å². The van der Waals surface area contributed by atoms with Gasteiger partial charge in [-0.3, -0.25) is 0 Å². The maximum absolute atomic E-state index is 12.2. The first-order valence-electron chi connectivity index (χ1n) is 5.57. The van der Waals surface area contributed by atoms with E-state index in [1.807, 2.05) is 0 Å². The zero-order valence-corrected chi connectivity index (χ0v) is 9.22. The number of rotatable bonds is 2. The van der Waals surface area contributed by atoms with Crippen molar-refractivity contribution >= 4 is 0 Å². The van der Waals surface area contributed by atoms with E-state index < -0.39 is 18.2 Å². The van der Waals surface area contributed by atoms with Crippen LogP contribution in [0.5, 0.6) is 0 Å². The standard InChI is InChI=1S/C11H19F3O/c1-7(2)8-3-5-9(6-4-8)10(15)11(12,13)14/h7-10,15H,3-6H2,1-2H3. The van der Waals surface area contributed by atoms with Crippen LogP contribution in [0.4, 0.5) is 13.2 Å². The number of hydrogen-bond acceptors (Lipinski definition) is 1. The number of halogens is 3. The second-order valence-electron chi connectivity index (χ2n) is 4.91. The van der Waals surface area contributed by atoms with Gasteiger partial charge >= 0.3 is 6.18 Å². The van der Waals surface area contributed by atoms with Crippen LogP contribution in [0.2, 0.25) is 0 Å². The molecule has 0 radical (unpaired) electrons. The smallest absolute Gasteiger partial charge is 0.383 e.